The standard InChI is InChI=1S/C22H21N5O3/c23-14-22(5-9-30-10-6-22)27-21(29)19-13-17(4-8-25-19)26-20(28)12-15-1-2-16-3-7-24-18(16)11-15/h1-4,7-8,11,13,24H,5-6,9-10,12H2,(H,27,29)(H,25,26,28). The number of H-pyrrole nitrogens is 1. The molecule has 1 aromatic carbocycles. The van der Waals surface area contributed by atoms with Gasteiger partial charge in [-0.1, -0.05) is 12.1 Å². The van der Waals surface area contributed by atoms with E-state index in [9.17, 15) is 14.9 Å². The Balaban J connectivity index is 1.41. The quantitative estimate of drug-likeness (QED) is 0.605. The second kappa shape index (κ2) is 8.35. The molecule has 2 aromatic heterocycles. The molecule has 3 heterocycles. The van der Waals surface area contributed by atoms with Crippen LogP contribution in [0.5, 0.6) is 0 Å². The molecule has 3 N–H and O–H groups in total. The predicted octanol–water partition coefficient (Wildman–Crippen LogP) is 2.55. The van der Waals surface area contributed by atoms with Crippen LogP contribution in [-0.4, -0.2) is 40.5 Å². The van der Waals surface area contributed by atoms with Crippen LogP contribution in [0.1, 0.15) is 28.9 Å². The Hall–Kier alpha value is -3.70. The zero-order valence-electron chi connectivity index (χ0n) is 16.3. The monoisotopic (exact) mass is 403 g/mol. The summed E-state index contributed by atoms with van der Waals surface area (Å²) >= 11 is 0. The summed E-state index contributed by atoms with van der Waals surface area (Å²) in [6.07, 6.45) is 4.37. The van der Waals surface area contributed by atoms with Gasteiger partial charge in [-0.05, 0) is 35.2 Å². The first-order valence-electron chi connectivity index (χ1n) is 9.70. The van der Waals surface area contributed by atoms with Gasteiger partial charge in [-0.15, -0.1) is 0 Å². The third-order valence-corrected chi connectivity index (χ3v) is 5.17. The second-order valence-electron chi connectivity index (χ2n) is 7.31. The highest BCUT2D eigenvalue weighted by atomic mass is 16.5. The molecule has 8 nitrogen and oxygen atoms in total. The van der Waals surface area contributed by atoms with E-state index in [2.05, 4.69) is 26.7 Å². The fourth-order valence-corrected chi connectivity index (χ4v) is 3.49. The number of carbonyl (C=O) groups excluding carboxylic acids is 2. The Bertz CT molecular complexity index is 1130. The van der Waals surface area contributed by atoms with Crippen molar-refractivity contribution in [2.24, 2.45) is 0 Å². The summed E-state index contributed by atoms with van der Waals surface area (Å²) in [7, 11) is 0. The summed E-state index contributed by atoms with van der Waals surface area (Å²) in [6.45, 7) is 0.845. The number of nitrogens with zero attached hydrogens (tertiary/aromatic N) is 2. The molecule has 0 spiro atoms. The zero-order valence-corrected chi connectivity index (χ0v) is 16.3. The van der Waals surface area contributed by atoms with E-state index in [4.69, 9.17) is 4.74 Å². The van der Waals surface area contributed by atoms with E-state index in [0.717, 1.165) is 16.5 Å². The highest BCUT2D eigenvalue weighted by molar-refractivity contribution is 5.97. The first-order chi connectivity index (χ1) is 14.6. The molecule has 1 saturated heterocycles. The molecule has 152 valence electrons. The number of nitriles is 1. The lowest BCUT2D eigenvalue weighted by atomic mass is 9.91. The van der Waals surface area contributed by atoms with Gasteiger partial charge in [0.25, 0.3) is 5.91 Å². The van der Waals surface area contributed by atoms with Crippen LogP contribution in [0.4, 0.5) is 5.69 Å². The lowest BCUT2D eigenvalue weighted by molar-refractivity contribution is -0.115. The summed E-state index contributed by atoms with van der Waals surface area (Å²) in [4.78, 5) is 32.3. The van der Waals surface area contributed by atoms with E-state index in [-0.39, 0.29) is 18.0 Å². The van der Waals surface area contributed by atoms with Crippen LogP contribution in [0, 0.1) is 11.3 Å². The molecule has 30 heavy (non-hydrogen) atoms. The zero-order chi connectivity index (χ0) is 21.0. The summed E-state index contributed by atoms with van der Waals surface area (Å²) in [5.41, 5.74) is 1.51. The summed E-state index contributed by atoms with van der Waals surface area (Å²) in [5.74, 6) is -0.650. The Morgan fingerprint density at radius 2 is 2.03 bits per heavy atom. The smallest absolute Gasteiger partial charge is 0.271 e. The number of hydrogen-bond acceptors (Lipinski definition) is 5. The predicted molar refractivity (Wildman–Crippen MR) is 111 cm³/mol. The van der Waals surface area contributed by atoms with Crippen molar-refractivity contribution in [3.8, 4) is 6.07 Å². The Morgan fingerprint density at radius 3 is 2.83 bits per heavy atom. The van der Waals surface area contributed by atoms with Gasteiger partial charge in [0.1, 0.15) is 11.2 Å². The topological polar surface area (TPSA) is 120 Å². The minimum atomic E-state index is -0.952. The highest BCUT2D eigenvalue weighted by Gasteiger charge is 2.34. The van der Waals surface area contributed by atoms with Gasteiger partial charge in [0.05, 0.1) is 12.5 Å². The van der Waals surface area contributed by atoms with Gasteiger partial charge >= 0.3 is 0 Å². The maximum absolute atomic E-state index is 12.6. The molecule has 3 aromatic rings. The minimum Gasteiger partial charge on any atom is -0.381 e. The molecule has 1 aliphatic rings. The van der Waals surface area contributed by atoms with Gasteiger partial charge in [0.15, 0.2) is 0 Å². The molecule has 8 heteroatoms. The molecular weight excluding hydrogens is 382 g/mol. The van der Waals surface area contributed by atoms with Crippen molar-refractivity contribution in [3.63, 3.8) is 0 Å². The van der Waals surface area contributed by atoms with Crippen molar-refractivity contribution in [3.05, 3.63) is 60.0 Å². The maximum Gasteiger partial charge on any atom is 0.271 e. The SMILES string of the molecule is N#CC1(NC(=O)c2cc(NC(=O)Cc3ccc4cc[nH]c4c3)ccn2)CCOCC1. The largest absolute Gasteiger partial charge is 0.381 e. The number of benzene rings is 1. The third-order valence-electron chi connectivity index (χ3n) is 5.17. The molecule has 2 amide bonds. The highest BCUT2D eigenvalue weighted by Crippen LogP contribution is 2.21. The third kappa shape index (κ3) is 4.31. The van der Waals surface area contributed by atoms with Crippen LogP contribution < -0.4 is 10.6 Å². The van der Waals surface area contributed by atoms with E-state index in [1.54, 1.807) is 6.07 Å². The number of fused-ring (bicyclic) bond motifs is 1. The molecule has 0 aliphatic carbocycles. The van der Waals surface area contributed by atoms with Gasteiger partial charge in [-0.2, -0.15) is 5.26 Å². The lowest BCUT2D eigenvalue weighted by Crippen LogP contribution is -2.51. The van der Waals surface area contributed by atoms with E-state index in [1.165, 1.54) is 12.3 Å². The number of nitrogens with one attached hydrogen (secondary N) is 3. The number of hydrogen-bond donors (Lipinski definition) is 3. The van der Waals surface area contributed by atoms with E-state index >= 15 is 0 Å². The number of pyridine rings is 1. The van der Waals surface area contributed by atoms with Crippen molar-refractivity contribution in [2.45, 2.75) is 24.8 Å². The maximum atomic E-state index is 12.6. The van der Waals surface area contributed by atoms with Gasteiger partial charge in [-0.3, -0.25) is 14.6 Å². The number of anilines is 1. The average molecular weight is 403 g/mol. The van der Waals surface area contributed by atoms with Crippen molar-refractivity contribution < 1.29 is 14.3 Å². The van der Waals surface area contributed by atoms with Crippen LogP contribution in [0.15, 0.2) is 48.8 Å². The number of carbonyl (C=O) groups is 2. The molecule has 1 fully saturated rings. The van der Waals surface area contributed by atoms with Crippen LogP contribution in [0.2, 0.25) is 0 Å². The Labute approximate surface area is 173 Å². The van der Waals surface area contributed by atoms with Crippen molar-refractivity contribution in [2.75, 3.05) is 18.5 Å². The van der Waals surface area contributed by atoms with Gasteiger partial charge < -0.3 is 20.4 Å². The van der Waals surface area contributed by atoms with Crippen LogP contribution >= 0.6 is 0 Å². The number of amides is 2. The molecule has 0 atom stereocenters. The first kappa shape index (κ1) is 19.6. The fourth-order valence-electron chi connectivity index (χ4n) is 3.49. The van der Waals surface area contributed by atoms with Gasteiger partial charge in [0, 0.05) is 49.7 Å². The van der Waals surface area contributed by atoms with Crippen LogP contribution in [-0.2, 0) is 16.0 Å². The van der Waals surface area contributed by atoms with Crippen molar-refractivity contribution in [1.82, 2.24) is 15.3 Å². The van der Waals surface area contributed by atoms with E-state index in [0.29, 0.717) is 31.7 Å². The number of ether oxygens (including phenoxy) is 1. The molecule has 0 radical (unpaired) electrons. The Morgan fingerprint density at radius 1 is 1.20 bits per heavy atom. The van der Waals surface area contributed by atoms with Crippen LogP contribution in [0.25, 0.3) is 10.9 Å². The van der Waals surface area contributed by atoms with E-state index < -0.39 is 11.4 Å². The summed E-state index contributed by atoms with van der Waals surface area (Å²) < 4.78 is 5.28. The van der Waals surface area contributed by atoms with Crippen LogP contribution in [0.3, 0.4) is 0 Å². The van der Waals surface area contributed by atoms with E-state index in [1.807, 2.05) is 30.5 Å². The minimum absolute atomic E-state index is 0.140. The molecular formula is C22H21N5O3. The molecule has 1 aliphatic heterocycles. The lowest BCUT2D eigenvalue weighted by Gasteiger charge is -2.31. The molecule has 0 saturated carbocycles. The van der Waals surface area contributed by atoms with Gasteiger partial charge in [-0.25, -0.2) is 0 Å². The summed E-state index contributed by atoms with van der Waals surface area (Å²) in [6, 6.07) is 13.1. The fraction of sp³-hybridized carbons (Fsp3) is 0.273. The van der Waals surface area contributed by atoms with Crippen molar-refractivity contribution >= 4 is 28.4 Å². The first-order valence-corrected chi connectivity index (χ1v) is 9.70. The molecule has 4 rings (SSSR count). The molecule has 0 unspecified atom stereocenters. The average Bonchev–Trinajstić information content (AvgIpc) is 3.22. The normalized spacial score (nSPS) is 15.3. The van der Waals surface area contributed by atoms with Gasteiger partial charge in [0.2, 0.25) is 5.91 Å². The summed E-state index contributed by atoms with van der Waals surface area (Å²) in [5, 5.41) is 16.2. The second-order valence-corrected chi connectivity index (χ2v) is 7.31. The van der Waals surface area contributed by atoms with Crippen molar-refractivity contribution in [1.29, 1.82) is 5.26 Å². The number of aromatic amines is 1. The number of rotatable bonds is 5. The Kier molecular flexibility index (Phi) is 5.46. The molecule has 0 bridgehead atoms. The number of aromatic nitrogens is 2.